The minimum absolute atomic E-state index is 0.0117. The van der Waals surface area contributed by atoms with Gasteiger partial charge in [-0.2, -0.15) is 13.2 Å². The maximum Gasteiger partial charge on any atom is 0.433 e. The van der Waals surface area contributed by atoms with Crippen molar-refractivity contribution in [1.29, 1.82) is 0 Å². The summed E-state index contributed by atoms with van der Waals surface area (Å²) in [4.78, 5) is 14.2. The maximum absolute atomic E-state index is 12.5. The van der Waals surface area contributed by atoms with Crippen LogP contribution in [0.25, 0.3) is 0 Å². The first kappa shape index (κ1) is 13.9. The fraction of sp³-hybridized carbons (Fsp3) is 0.0769. The number of carbonyl (C=O) groups is 1. The van der Waals surface area contributed by atoms with Crippen molar-refractivity contribution in [3.63, 3.8) is 0 Å². The predicted molar refractivity (Wildman–Crippen MR) is 65.9 cm³/mol. The minimum Gasteiger partial charge on any atom is -0.478 e. The number of rotatable bonds is 3. The number of carboxylic acid groups (broad SMARTS) is 1. The Bertz CT molecular complexity index is 642. The number of hydrogen-bond donors (Lipinski definition) is 2. The van der Waals surface area contributed by atoms with E-state index in [2.05, 4.69) is 10.3 Å². The second-order valence-electron chi connectivity index (χ2n) is 3.92. The fourth-order valence-electron chi connectivity index (χ4n) is 1.54. The number of nitrogens with one attached hydrogen (secondary N) is 1. The van der Waals surface area contributed by atoms with Crippen LogP contribution in [0.15, 0.2) is 42.5 Å². The van der Waals surface area contributed by atoms with Crippen molar-refractivity contribution in [1.82, 2.24) is 4.98 Å². The molecule has 7 heteroatoms. The summed E-state index contributed by atoms with van der Waals surface area (Å²) in [5, 5.41) is 11.5. The molecule has 0 fully saturated rings. The number of benzene rings is 1. The Morgan fingerprint density at radius 2 is 1.85 bits per heavy atom. The Balaban J connectivity index is 2.26. The SMILES string of the molecule is O=C(O)c1cccc(Nc2cccc(C(F)(F)F)n2)c1. The van der Waals surface area contributed by atoms with Crippen LogP contribution in [0.1, 0.15) is 16.1 Å². The summed E-state index contributed by atoms with van der Waals surface area (Å²) in [6.45, 7) is 0. The Morgan fingerprint density at radius 3 is 2.50 bits per heavy atom. The van der Waals surface area contributed by atoms with E-state index >= 15 is 0 Å². The van der Waals surface area contributed by atoms with Gasteiger partial charge < -0.3 is 10.4 Å². The van der Waals surface area contributed by atoms with E-state index in [-0.39, 0.29) is 11.4 Å². The van der Waals surface area contributed by atoms with Crippen LogP contribution >= 0.6 is 0 Å². The van der Waals surface area contributed by atoms with Crippen LogP contribution in [-0.4, -0.2) is 16.1 Å². The van der Waals surface area contributed by atoms with Gasteiger partial charge in [0.25, 0.3) is 0 Å². The topological polar surface area (TPSA) is 62.2 Å². The van der Waals surface area contributed by atoms with Crippen molar-refractivity contribution in [2.45, 2.75) is 6.18 Å². The maximum atomic E-state index is 12.5. The smallest absolute Gasteiger partial charge is 0.433 e. The third kappa shape index (κ3) is 3.25. The van der Waals surface area contributed by atoms with E-state index in [1.165, 1.54) is 36.4 Å². The van der Waals surface area contributed by atoms with Crippen LogP contribution in [0.4, 0.5) is 24.7 Å². The zero-order chi connectivity index (χ0) is 14.8. The number of carboxylic acids is 1. The fourth-order valence-corrected chi connectivity index (χ4v) is 1.54. The molecule has 0 unspecified atom stereocenters. The Kier molecular flexibility index (Phi) is 3.60. The number of hydrogen-bond acceptors (Lipinski definition) is 3. The van der Waals surface area contributed by atoms with Gasteiger partial charge in [-0.3, -0.25) is 0 Å². The normalized spacial score (nSPS) is 11.2. The molecule has 2 N–H and O–H groups in total. The summed E-state index contributed by atoms with van der Waals surface area (Å²) >= 11 is 0. The number of aromatic carboxylic acids is 1. The summed E-state index contributed by atoms with van der Waals surface area (Å²) in [7, 11) is 0. The number of alkyl halides is 3. The van der Waals surface area contributed by atoms with E-state index in [4.69, 9.17) is 5.11 Å². The van der Waals surface area contributed by atoms with E-state index in [1.54, 1.807) is 0 Å². The molecular formula is C13H9F3N2O2. The number of pyridine rings is 1. The highest BCUT2D eigenvalue weighted by Gasteiger charge is 2.32. The predicted octanol–water partition coefficient (Wildman–Crippen LogP) is 3.54. The van der Waals surface area contributed by atoms with Crippen LogP contribution in [0.2, 0.25) is 0 Å². The summed E-state index contributed by atoms with van der Waals surface area (Å²) in [5.74, 6) is -1.13. The highest BCUT2D eigenvalue weighted by atomic mass is 19.4. The van der Waals surface area contributed by atoms with Gasteiger partial charge in [0.2, 0.25) is 0 Å². The van der Waals surface area contributed by atoms with E-state index in [0.717, 1.165) is 6.07 Å². The van der Waals surface area contributed by atoms with Gasteiger partial charge in [-0.15, -0.1) is 0 Å². The molecule has 2 aromatic rings. The molecule has 0 atom stereocenters. The quantitative estimate of drug-likeness (QED) is 0.903. The Labute approximate surface area is 111 Å². The van der Waals surface area contributed by atoms with Gasteiger partial charge in [0, 0.05) is 5.69 Å². The lowest BCUT2D eigenvalue weighted by Crippen LogP contribution is -2.09. The average Bonchev–Trinajstić information content (AvgIpc) is 2.38. The largest absolute Gasteiger partial charge is 0.478 e. The summed E-state index contributed by atoms with van der Waals surface area (Å²) in [6.07, 6.45) is -4.53. The molecule has 0 spiro atoms. The monoisotopic (exact) mass is 282 g/mol. The summed E-state index contributed by atoms with van der Waals surface area (Å²) < 4.78 is 37.5. The van der Waals surface area contributed by atoms with Crippen molar-refractivity contribution >= 4 is 17.5 Å². The highest BCUT2D eigenvalue weighted by molar-refractivity contribution is 5.89. The molecule has 104 valence electrons. The number of nitrogens with zero attached hydrogens (tertiary/aromatic N) is 1. The first-order chi connectivity index (χ1) is 9.36. The molecule has 0 saturated heterocycles. The highest BCUT2D eigenvalue weighted by Crippen LogP contribution is 2.28. The van der Waals surface area contributed by atoms with Crippen LogP contribution in [0.5, 0.6) is 0 Å². The van der Waals surface area contributed by atoms with E-state index in [1.807, 2.05) is 0 Å². The summed E-state index contributed by atoms with van der Waals surface area (Å²) in [6, 6.07) is 9.16. The molecule has 1 aromatic carbocycles. The van der Waals surface area contributed by atoms with E-state index in [0.29, 0.717) is 5.69 Å². The van der Waals surface area contributed by atoms with Crippen molar-refractivity contribution in [2.75, 3.05) is 5.32 Å². The number of aromatic nitrogens is 1. The zero-order valence-corrected chi connectivity index (χ0v) is 9.98. The molecular weight excluding hydrogens is 273 g/mol. The third-order valence-corrected chi connectivity index (χ3v) is 2.42. The van der Waals surface area contributed by atoms with Gasteiger partial charge >= 0.3 is 12.1 Å². The molecule has 0 aliphatic rings. The van der Waals surface area contributed by atoms with Crippen molar-refractivity contribution in [3.8, 4) is 0 Å². The molecule has 0 amide bonds. The lowest BCUT2D eigenvalue weighted by molar-refractivity contribution is -0.141. The first-order valence-electron chi connectivity index (χ1n) is 5.51. The molecule has 0 aliphatic carbocycles. The van der Waals surface area contributed by atoms with Gasteiger partial charge in [-0.25, -0.2) is 9.78 Å². The van der Waals surface area contributed by atoms with Crippen molar-refractivity contribution in [2.24, 2.45) is 0 Å². The number of halogens is 3. The Hall–Kier alpha value is -2.57. The van der Waals surface area contributed by atoms with E-state index < -0.39 is 17.8 Å². The second-order valence-corrected chi connectivity index (χ2v) is 3.92. The molecule has 0 aliphatic heterocycles. The molecule has 0 bridgehead atoms. The van der Waals surface area contributed by atoms with Gasteiger partial charge in [-0.05, 0) is 30.3 Å². The standard InChI is InChI=1S/C13H9F3N2O2/c14-13(15,16)10-5-2-6-11(18-10)17-9-4-1-3-8(7-9)12(19)20/h1-7H,(H,17,18)(H,19,20). The molecule has 0 radical (unpaired) electrons. The van der Waals surface area contributed by atoms with Gasteiger partial charge in [-0.1, -0.05) is 12.1 Å². The van der Waals surface area contributed by atoms with Crippen molar-refractivity contribution < 1.29 is 23.1 Å². The molecule has 1 heterocycles. The van der Waals surface area contributed by atoms with Crippen LogP contribution in [0, 0.1) is 0 Å². The van der Waals surface area contributed by atoms with Gasteiger partial charge in [0.15, 0.2) is 0 Å². The lowest BCUT2D eigenvalue weighted by atomic mass is 10.2. The average molecular weight is 282 g/mol. The second kappa shape index (κ2) is 5.20. The molecule has 20 heavy (non-hydrogen) atoms. The van der Waals surface area contributed by atoms with Crippen LogP contribution < -0.4 is 5.32 Å². The molecule has 4 nitrogen and oxygen atoms in total. The zero-order valence-electron chi connectivity index (χ0n) is 9.98. The van der Waals surface area contributed by atoms with Crippen molar-refractivity contribution in [3.05, 3.63) is 53.7 Å². The van der Waals surface area contributed by atoms with Crippen LogP contribution in [0.3, 0.4) is 0 Å². The minimum atomic E-state index is -4.53. The molecule has 1 aromatic heterocycles. The summed E-state index contributed by atoms with van der Waals surface area (Å²) in [5.41, 5.74) is -0.643. The van der Waals surface area contributed by atoms with Gasteiger partial charge in [0.05, 0.1) is 5.56 Å². The third-order valence-electron chi connectivity index (χ3n) is 2.42. The van der Waals surface area contributed by atoms with Gasteiger partial charge in [0.1, 0.15) is 11.5 Å². The van der Waals surface area contributed by atoms with E-state index in [9.17, 15) is 18.0 Å². The number of anilines is 2. The molecule has 0 saturated carbocycles. The van der Waals surface area contributed by atoms with Crippen LogP contribution in [-0.2, 0) is 6.18 Å². The first-order valence-corrected chi connectivity index (χ1v) is 5.51. The lowest BCUT2D eigenvalue weighted by Gasteiger charge is -2.09. The molecule has 2 rings (SSSR count). The Morgan fingerprint density at radius 1 is 1.15 bits per heavy atom.